The van der Waals surface area contributed by atoms with Gasteiger partial charge in [-0.3, -0.25) is 9.59 Å². The molecule has 1 aliphatic heterocycles. The van der Waals surface area contributed by atoms with Crippen molar-refractivity contribution in [1.29, 1.82) is 0 Å². The van der Waals surface area contributed by atoms with Gasteiger partial charge in [0.2, 0.25) is 0 Å². The minimum atomic E-state index is -0.859. The first-order valence-corrected chi connectivity index (χ1v) is 11.1. The Morgan fingerprint density at radius 1 is 0.943 bits per heavy atom. The predicted octanol–water partition coefficient (Wildman–Crippen LogP) is 4.65. The fraction of sp³-hybridized carbons (Fsp3) is 0.214. The van der Waals surface area contributed by atoms with Gasteiger partial charge < -0.3 is 24.6 Å². The molecule has 4 rings (SSSR count). The minimum Gasteiger partial charge on any atom is -0.508 e. The Morgan fingerprint density at radius 3 is 2.31 bits per heavy atom. The van der Waals surface area contributed by atoms with Crippen molar-refractivity contribution in [3.63, 3.8) is 0 Å². The van der Waals surface area contributed by atoms with Gasteiger partial charge in [0.15, 0.2) is 0 Å². The monoisotopic (exact) mass is 473 g/mol. The highest BCUT2D eigenvalue weighted by molar-refractivity contribution is 6.46. The summed E-state index contributed by atoms with van der Waals surface area (Å²) in [5, 5.41) is 21.2. The van der Waals surface area contributed by atoms with Crippen LogP contribution in [0.15, 0.2) is 66.2 Å². The van der Waals surface area contributed by atoms with Crippen molar-refractivity contribution in [2.75, 3.05) is 14.2 Å². The van der Waals surface area contributed by atoms with E-state index in [9.17, 15) is 19.8 Å². The second kappa shape index (κ2) is 9.54. The molecule has 0 radical (unpaired) electrons. The Hall–Kier alpha value is -4.26. The molecule has 35 heavy (non-hydrogen) atoms. The first-order chi connectivity index (χ1) is 16.7. The number of aliphatic hydroxyl groups is 1. The maximum Gasteiger partial charge on any atom is 0.295 e. The molecule has 3 aromatic carbocycles. The molecule has 1 unspecified atom stereocenters. The molecule has 3 aromatic rings. The molecule has 1 heterocycles. The summed E-state index contributed by atoms with van der Waals surface area (Å²) in [6, 6.07) is 16.1. The molecular weight excluding hydrogens is 446 g/mol. The number of phenols is 1. The lowest BCUT2D eigenvalue weighted by Crippen LogP contribution is -2.29. The van der Waals surface area contributed by atoms with E-state index < -0.39 is 17.7 Å². The van der Waals surface area contributed by atoms with Crippen molar-refractivity contribution in [1.82, 2.24) is 4.90 Å². The number of aryl methyl sites for hydroxylation is 2. The third-order valence-electron chi connectivity index (χ3n) is 6.26. The number of phenolic OH excluding ortho intramolecular Hbond substituents is 1. The number of amides is 1. The van der Waals surface area contributed by atoms with Crippen LogP contribution in [-0.4, -0.2) is 41.0 Å². The third kappa shape index (κ3) is 4.45. The number of methoxy groups -OCH3 is 2. The van der Waals surface area contributed by atoms with Crippen molar-refractivity contribution < 1.29 is 29.3 Å². The lowest BCUT2D eigenvalue weighted by molar-refractivity contribution is -0.140. The summed E-state index contributed by atoms with van der Waals surface area (Å²) in [7, 11) is 2.96. The highest BCUT2D eigenvalue weighted by atomic mass is 16.5. The molecular formula is C28H27NO6. The third-order valence-corrected chi connectivity index (χ3v) is 6.26. The van der Waals surface area contributed by atoms with Crippen LogP contribution in [0.25, 0.3) is 5.76 Å². The number of hydrogen-bond acceptors (Lipinski definition) is 6. The van der Waals surface area contributed by atoms with E-state index in [1.54, 1.807) is 30.3 Å². The zero-order valence-electron chi connectivity index (χ0n) is 20.0. The van der Waals surface area contributed by atoms with Crippen molar-refractivity contribution in [2.45, 2.75) is 26.4 Å². The van der Waals surface area contributed by atoms with Gasteiger partial charge in [0, 0.05) is 12.6 Å². The SMILES string of the molecule is COc1ccc(/C(O)=C2/C(=O)C(=O)N(Cc3cc(C)ccc3C)C2c2ccc(O)cc2)c(OC)c1. The Kier molecular flexibility index (Phi) is 6.51. The minimum absolute atomic E-state index is 0.0468. The van der Waals surface area contributed by atoms with Crippen LogP contribution >= 0.6 is 0 Å². The molecule has 0 bridgehead atoms. The lowest BCUT2D eigenvalue weighted by Gasteiger charge is -2.26. The second-order valence-electron chi connectivity index (χ2n) is 8.51. The van der Waals surface area contributed by atoms with Crippen LogP contribution in [-0.2, 0) is 16.1 Å². The van der Waals surface area contributed by atoms with E-state index in [1.165, 1.54) is 31.3 Å². The quantitative estimate of drug-likeness (QED) is 0.307. The number of aromatic hydroxyl groups is 1. The van der Waals surface area contributed by atoms with Crippen LogP contribution in [0.1, 0.15) is 33.9 Å². The van der Waals surface area contributed by atoms with Crippen LogP contribution in [0.3, 0.4) is 0 Å². The van der Waals surface area contributed by atoms with E-state index in [-0.39, 0.29) is 29.2 Å². The molecule has 180 valence electrons. The van der Waals surface area contributed by atoms with E-state index in [0.29, 0.717) is 17.1 Å². The van der Waals surface area contributed by atoms with E-state index in [1.807, 2.05) is 32.0 Å². The number of likely N-dealkylation sites (tertiary alicyclic amines) is 1. The molecule has 0 spiro atoms. The smallest absolute Gasteiger partial charge is 0.295 e. The summed E-state index contributed by atoms with van der Waals surface area (Å²) in [5.41, 5.74) is 3.72. The van der Waals surface area contributed by atoms with Gasteiger partial charge in [0.1, 0.15) is 23.0 Å². The van der Waals surface area contributed by atoms with E-state index in [2.05, 4.69) is 0 Å². The molecule has 2 N–H and O–H groups in total. The van der Waals surface area contributed by atoms with Crippen LogP contribution < -0.4 is 9.47 Å². The molecule has 1 atom stereocenters. The molecule has 0 aromatic heterocycles. The maximum absolute atomic E-state index is 13.3. The molecule has 0 aliphatic carbocycles. The van der Waals surface area contributed by atoms with Crippen LogP contribution in [0.4, 0.5) is 0 Å². The maximum atomic E-state index is 13.3. The largest absolute Gasteiger partial charge is 0.508 e. The number of benzene rings is 3. The van der Waals surface area contributed by atoms with Gasteiger partial charge in [-0.15, -0.1) is 0 Å². The van der Waals surface area contributed by atoms with E-state index in [0.717, 1.165) is 16.7 Å². The lowest BCUT2D eigenvalue weighted by atomic mass is 9.94. The molecule has 7 heteroatoms. The number of hydrogen-bond donors (Lipinski definition) is 2. The molecule has 1 aliphatic rings. The predicted molar refractivity (Wildman–Crippen MR) is 131 cm³/mol. The molecule has 1 amide bonds. The van der Waals surface area contributed by atoms with E-state index >= 15 is 0 Å². The van der Waals surface area contributed by atoms with Gasteiger partial charge in [-0.1, -0.05) is 35.9 Å². The highest BCUT2D eigenvalue weighted by Gasteiger charge is 2.46. The Balaban J connectivity index is 1.90. The van der Waals surface area contributed by atoms with Crippen molar-refractivity contribution in [3.05, 3.63) is 94.1 Å². The fourth-order valence-corrected chi connectivity index (χ4v) is 4.34. The van der Waals surface area contributed by atoms with Gasteiger partial charge in [-0.25, -0.2) is 0 Å². The van der Waals surface area contributed by atoms with Crippen molar-refractivity contribution in [2.24, 2.45) is 0 Å². The number of Topliss-reactive ketones (excluding diaryl/α,β-unsaturated/α-hetero) is 1. The highest BCUT2D eigenvalue weighted by Crippen LogP contribution is 2.42. The number of nitrogens with zero attached hydrogens (tertiary/aromatic N) is 1. The summed E-state index contributed by atoms with van der Waals surface area (Å²) in [4.78, 5) is 28.1. The average molecular weight is 474 g/mol. The van der Waals surface area contributed by atoms with Gasteiger partial charge in [0.25, 0.3) is 11.7 Å². The van der Waals surface area contributed by atoms with Crippen molar-refractivity contribution in [3.8, 4) is 17.2 Å². The molecule has 1 fully saturated rings. The van der Waals surface area contributed by atoms with Crippen LogP contribution in [0.2, 0.25) is 0 Å². The summed E-state index contributed by atoms with van der Waals surface area (Å²) >= 11 is 0. The molecule has 0 saturated carbocycles. The Morgan fingerprint density at radius 2 is 1.66 bits per heavy atom. The zero-order chi connectivity index (χ0) is 25.3. The van der Waals surface area contributed by atoms with Crippen LogP contribution in [0, 0.1) is 13.8 Å². The van der Waals surface area contributed by atoms with Crippen LogP contribution in [0.5, 0.6) is 17.2 Å². The molecule has 7 nitrogen and oxygen atoms in total. The van der Waals surface area contributed by atoms with Gasteiger partial charge >= 0.3 is 0 Å². The van der Waals surface area contributed by atoms with Gasteiger partial charge in [-0.2, -0.15) is 0 Å². The topological polar surface area (TPSA) is 96.3 Å². The Labute approximate surface area is 203 Å². The normalized spacial score (nSPS) is 17.0. The van der Waals surface area contributed by atoms with Gasteiger partial charge in [0.05, 0.1) is 31.4 Å². The standard InChI is InChI=1S/C28H27NO6/c1-16-5-6-17(2)19(13-16)15-29-25(18-7-9-20(30)10-8-18)24(27(32)28(29)33)26(31)22-12-11-21(34-3)14-23(22)35-4/h5-14,25,30-31H,15H2,1-4H3/b26-24-. The van der Waals surface area contributed by atoms with E-state index in [4.69, 9.17) is 9.47 Å². The number of carbonyl (C=O) groups excluding carboxylic acids is 2. The summed E-state index contributed by atoms with van der Waals surface area (Å²) in [6.07, 6.45) is 0. The molecule has 1 saturated heterocycles. The number of aliphatic hydroxyl groups excluding tert-OH is 1. The number of ether oxygens (including phenoxy) is 2. The number of rotatable bonds is 6. The summed E-state index contributed by atoms with van der Waals surface area (Å²) in [6.45, 7) is 4.09. The first kappa shape index (κ1) is 23.9. The Bertz CT molecular complexity index is 1330. The summed E-state index contributed by atoms with van der Waals surface area (Å²) < 4.78 is 10.7. The second-order valence-corrected chi connectivity index (χ2v) is 8.51. The summed E-state index contributed by atoms with van der Waals surface area (Å²) in [5.74, 6) is -0.973. The number of carbonyl (C=O) groups is 2. The zero-order valence-corrected chi connectivity index (χ0v) is 20.0. The first-order valence-electron chi connectivity index (χ1n) is 11.1. The average Bonchev–Trinajstić information content (AvgIpc) is 3.10. The number of ketones is 1. The van der Waals surface area contributed by atoms with Crippen molar-refractivity contribution >= 4 is 17.4 Å². The van der Waals surface area contributed by atoms with Gasteiger partial charge in [-0.05, 0) is 54.8 Å². The fourth-order valence-electron chi connectivity index (χ4n) is 4.34.